The summed E-state index contributed by atoms with van der Waals surface area (Å²) < 4.78 is 78.6. The van der Waals surface area contributed by atoms with Gasteiger partial charge in [-0.3, -0.25) is 0 Å². The highest BCUT2D eigenvalue weighted by atomic mass is 32.2. The van der Waals surface area contributed by atoms with Gasteiger partial charge in [0.05, 0.1) is 5.69 Å². The molecule has 0 aliphatic rings. The molecule has 0 bridgehead atoms. The molecule has 0 aliphatic carbocycles. The van der Waals surface area contributed by atoms with E-state index in [0.717, 1.165) is 18.2 Å². The Hall–Kier alpha value is -1.55. The third kappa shape index (κ3) is 3.73. The zero-order valence-corrected chi connectivity index (χ0v) is 11.1. The summed E-state index contributed by atoms with van der Waals surface area (Å²) in [5.74, 6) is -4.54. The molecule has 3 N–H and O–H groups in total. The second kappa shape index (κ2) is 5.83. The van der Waals surface area contributed by atoms with Gasteiger partial charge in [0.15, 0.2) is 6.61 Å². The van der Waals surface area contributed by atoms with Crippen LogP contribution in [-0.4, -0.2) is 34.4 Å². The summed E-state index contributed by atoms with van der Waals surface area (Å²) in [6.07, 6.45) is -3.86. The summed E-state index contributed by atoms with van der Waals surface area (Å²) in [6, 6.07) is 3.03. The molecule has 0 saturated heterocycles. The van der Waals surface area contributed by atoms with Gasteiger partial charge in [-0.25, -0.2) is 21.9 Å². The Balaban J connectivity index is 2.90. The molecule has 0 aliphatic heterocycles. The quantitative estimate of drug-likeness (QED) is 0.615. The van der Waals surface area contributed by atoms with Crippen LogP contribution < -0.4 is 15.2 Å². The average Bonchev–Trinajstić information content (AvgIpc) is 2.36. The number of hydrogen-bond acceptors (Lipinski definition) is 4. The van der Waals surface area contributed by atoms with Crippen LogP contribution in [-0.2, 0) is 10.0 Å². The minimum atomic E-state index is -4.30. The molecule has 10 heteroatoms. The van der Waals surface area contributed by atoms with Gasteiger partial charge in [0, 0.05) is 6.07 Å². The average molecular weight is 316 g/mol. The van der Waals surface area contributed by atoms with Gasteiger partial charge >= 0.3 is 12.3 Å². The summed E-state index contributed by atoms with van der Waals surface area (Å²) in [6.45, 7) is -1.54. The predicted molar refractivity (Wildman–Crippen MR) is 63.5 cm³/mol. The molecule has 0 unspecified atom stereocenters. The third-order valence-corrected chi connectivity index (χ3v) is 3.78. The fourth-order valence-corrected chi connectivity index (χ4v) is 2.05. The van der Waals surface area contributed by atoms with E-state index >= 15 is 0 Å². The maximum Gasteiger partial charge on any atom is 0.340 e. The molecule has 0 radical (unpaired) electrons. The van der Waals surface area contributed by atoms with Gasteiger partial charge in [0.2, 0.25) is 10.0 Å². The molecule has 1 rings (SSSR count). The standard InChI is InChI=1S/C10H12F4N2O3S/c1-16-20(17,18)8-3-2-6(4-7(8)15)19-5-10(13,14)9(11)12/h2-4,9,16H,5,15H2,1H3. The molecule has 0 amide bonds. The van der Waals surface area contributed by atoms with E-state index < -0.39 is 29.0 Å². The lowest BCUT2D eigenvalue weighted by molar-refractivity contribution is -0.148. The van der Waals surface area contributed by atoms with Crippen LogP contribution in [0.3, 0.4) is 0 Å². The van der Waals surface area contributed by atoms with E-state index in [1.54, 1.807) is 0 Å². The van der Waals surface area contributed by atoms with Crippen LogP contribution in [0.5, 0.6) is 5.75 Å². The normalized spacial score (nSPS) is 12.7. The number of alkyl halides is 4. The van der Waals surface area contributed by atoms with Crippen molar-refractivity contribution in [2.75, 3.05) is 19.4 Å². The van der Waals surface area contributed by atoms with Crippen LogP contribution in [0.2, 0.25) is 0 Å². The molecule has 0 heterocycles. The summed E-state index contributed by atoms with van der Waals surface area (Å²) in [5.41, 5.74) is 5.19. The number of nitrogens with one attached hydrogen (secondary N) is 1. The number of sulfonamides is 1. The van der Waals surface area contributed by atoms with Crippen LogP contribution in [0.15, 0.2) is 23.1 Å². The van der Waals surface area contributed by atoms with Crippen molar-refractivity contribution in [3.05, 3.63) is 18.2 Å². The van der Waals surface area contributed by atoms with Crippen molar-refractivity contribution in [2.24, 2.45) is 0 Å². The first-order chi connectivity index (χ1) is 9.10. The molecule has 1 aromatic carbocycles. The van der Waals surface area contributed by atoms with Crippen molar-refractivity contribution in [1.82, 2.24) is 4.72 Å². The van der Waals surface area contributed by atoms with Crippen LogP contribution >= 0.6 is 0 Å². The molecule has 0 saturated carbocycles. The van der Waals surface area contributed by atoms with Crippen molar-refractivity contribution in [3.8, 4) is 5.75 Å². The second-order valence-corrected chi connectivity index (χ2v) is 5.61. The highest BCUT2D eigenvalue weighted by molar-refractivity contribution is 7.89. The van der Waals surface area contributed by atoms with Crippen LogP contribution in [0.1, 0.15) is 0 Å². The Morgan fingerprint density at radius 1 is 1.40 bits per heavy atom. The van der Waals surface area contributed by atoms with Gasteiger partial charge in [0.25, 0.3) is 0 Å². The van der Waals surface area contributed by atoms with E-state index in [2.05, 4.69) is 4.74 Å². The highest BCUT2D eigenvalue weighted by Gasteiger charge is 2.41. The number of anilines is 1. The molecular formula is C10H12F4N2O3S. The fourth-order valence-electron chi connectivity index (χ4n) is 1.21. The number of benzene rings is 1. The van der Waals surface area contributed by atoms with Gasteiger partial charge in [-0.2, -0.15) is 8.78 Å². The van der Waals surface area contributed by atoms with E-state index in [4.69, 9.17) is 5.73 Å². The van der Waals surface area contributed by atoms with Gasteiger partial charge < -0.3 is 10.5 Å². The van der Waals surface area contributed by atoms with E-state index in [9.17, 15) is 26.0 Å². The van der Waals surface area contributed by atoms with E-state index in [1.807, 2.05) is 4.72 Å². The number of ether oxygens (including phenoxy) is 1. The van der Waals surface area contributed by atoms with Crippen molar-refractivity contribution < 1.29 is 30.7 Å². The Morgan fingerprint density at radius 3 is 2.45 bits per heavy atom. The first-order valence-electron chi connectivity index (χ1n) is 5.22. The zero-order valence-electron chi connectivity index (χ0n) is 10.2. The van der Waals surface area contributed by atoms with Crippen molar-refractivity contribution in [2.45, 2.75) is 17.2 Å². The number of hydrogen-bond donors (Lipinski definition) is 2. The second-order valence-electron chi connectivity index (χ2n) is 3.76. The van der Waals surface area contributed by atoms with Crippen molar-refractivity contribution in [1.29, 1.82) is 0 Å². The topological polar surface area (TPSA) is 81.4 Å². The Kier molecular flexibility index (Phi) is 4.81. The third-order valence-electron chi connectivity index (χ3n) is 2.29. The first kappa shape index (κ1) is 16.5. The highest BCUT2D eigenvalue weighted by Crippen LogP contribution is 2.27. The summed E-state index contributed by atoms with van der Waals surface area (Å²) in [5, 5.41) is 0. The monoisotopic (exact) mass is 316 g/mol. The first-order valence-corrected chi connectivity index (χ1v) is 6.70. The Bertz CT molecular complexity index is 578. The van der Waals surface area contributed by atoms with E-state index in [1.165, 1.54) is 7.05 Å². The Morgan fingerprint density at radius 2 is 2.00 bits per heavy atom. The number of rotatable bonds is 6. The van der Waals surface area contributed by atoms with Crippen LogP contribution in [0.25, 0.3) is 0 Å². The summed E-state index contributed by atoms with van der Waals surface area (Å²) in [4.78, 5) is -0.270. The molecular weight excluding hydrogens is 304 g/mol. The molecule has 0 aromatic heterocycles. The molecule has 20 heavy (non-hydrogen) atoms. The van der Waals surface area contributed by atoms with Crippen LogP contribution in [0.4, 0.5) is 23.2 Å². The maximum absolute atomic E-state index is 12.6. The molecule has 0 atom stereocenters. The lowest BCUT2D eigenvalue weighted by atomic mass is 10.3. The maximum atomic E-state index is 12.6. The Labute approximate surface area is 112 Å². The smallest absolute Gasteiger partial charge is 0.340 e. The SMILES string of the molecule is CNS(=O)(=O)c1ccc(OCC(F)(F)C(F)F)cc1N. The fraction of sp³-hybridized carbons (Fsp3) is 0.400. The number of nitrogen functional groups attached to an aromatic ring is 1. The van der Waals surface area contributed by atoms with Gasteiger partial charge in [-0.05, 0) is 19.2 Å². The summed E-state index contributed by atoms with van der Waals surface area (Å²) >= 11 is 0. The van der Waals surface area contributed by atoms with E-state index in [-0.39, 0.29) is 16.3 Å². The minimum Gasteiger partial charge on any atom is -0.487 e. The van der Waals surface area contributed by atoms with Crippen LogP contribution in [0, 0.1) is 0 Å². The number of nitrogens with two attached hydrogens (primary N) is 1. The lowest BCUT2D eigenvalue weighted by Gasteiger charge is -2.16. The number of halogens is 4. The van der Waals surface area contributed by atoms with Crippen molar-refractivity contribution >= 4 is 15.7 Å². The predicted octanol–water partition coefficient (Wildman–Crippen LogP) is 1.46. The van der Waals surface area contributed by atoms with Gasteiger partial charge in [-0.1, -0.05) is 0 Å². The zero-order chi connectivity index (χ0) is 15.6. The summed E-state index contributed by atoms with van der Waals surface area (Å²) in [7, 11) is -2.63. The molecule has 0 fully saturated rings. The molecule has 0 spiro atoms. The lowest BCUT2D eigenvalue weighted by Crippen LogP contribution is -2.33. The molecule has 5 nitrogen and oxygen atoms in total. The van der Waals surface area contributed by atoms with Gasteiger partial charge in [-0.15, -0.1) is 0 Å². The minimum absolute atomic E-state index is 0.238. The largest absolute Gasteiger partial charge is 0.487 e. The van der Waals surface area contributed by atoms with Crippen molar-refractivity contribution in [3.63, 3.8) is 0 Å². The van der Waals surface area contributed by atoms with Gasteiger partial charge in [0.1, 0.15) is 10.6 Å². The van der Waals surface area contributed by atoms with E-state index in [0.29, 0.717) is 0 Å². The molecule has 114 valence electrons. The molecule has 1 aromatic rings.